The lowest BCUT2D eigenvalue weighted by molar-refractivity contribution is -0.118. The maximum atomic E-state index is 12.4. The number of aromatic nitrogens is 3. The molecule has 1 heterocycles. The van der Waals surface area contributed by atoms with E-state index in [1.807, 2.05) is 103 Å². The lowest BCUT2D eigenvalue weighted by atomic mass is 10.1. The zero-order valence-electron chi connectivity index (χ0n) is 19.4. The Kier molecular flexibility index (Phi) is 8.28. The summed E-state index contributed by atoms with van der Waals surface area (Å²) < 4.78 is 2.73. The molecule has 0 aliphatic heterocycles. The Labute approximate surface area is 217 Å². The number of amides is 1. The molecular weight excluding hydrogens is 522 g/mol. The van der Waals surface area contributed by atoms with E-state index in [9.17, 15) is 4.79 Å². The molecule has 0 saturated carbocycles. The predicted molar refractivity (Wildman–Crippen MR) is 147 cm³/mol. The zero-order chi connectivity index (χ0) is 24.6. The van der Waals surface area contributed by atoms with Crippen molar-refractivity contribution in [3.05, 3.63) is 100 Å². The van der Waals surface area contributed by atoms with E-state index in [1.54, 1.807) is 6.21 Å². The van der Waals surface area contributed by atoms with Gasteiger partial charge in [-0.3, -0.25) is 9.36 Å². The van der Waals surface area contributed by atoms with Crippen molar-refractivity contribution in [3.63, 3.8) is 0 Å². The second-order valence-corrected chi connectivity index (χ2v) is 9.72. The molecule has 4 aromatic rings. The van der Waals surface area contributed by atoms with Crippen molar-refractivity contribution in [3.8, 4) is 17.1 Å². The van der Waals surface area contributed by atoms with Gasteiger partial charge >= 0.3 is 0 Å². The fourth-order valence-corrected chi connectivity index (χ4v) is 4.36. The van der Waals surface area contributed by atoms with E-state index in [2.05, 4.69) is 36.7 Å². The average Bonchev–Trinajstić information content (AvgIpc) is 3.28. The first-order valence-electron chi connectivity index (χ1n) is 11.0. The third kappa shape index (κ3) is 6.77. The summed E-state index contributed by atoms with van der Waals surface area (Å²) in [6, 6.07) is 26.2. The summed E-state index contributed by atoms with van der Waals surface area (Å²) >= 11 is 4.76. The van der Waals surface area contributed by atoms with Crippen LogP contribution in [0.4, 0.5) is 0 Å². The monoisotopic (exact) mass is 545 g/mol. The summed E-state index contributed by atoms with van der Waals surface area (Å²) in [4.78, 5) is 12.4. The maximum absolute atomic E-state index is 12.4. The maximum Gasteiger partial charge on any atom is 0.250 e. The molecule has 0 spiro atoms. The molecule has 0 saturated heterocycles. The number of hydrazone groups is 1. The molecule has 0 aliphatic carbocycles. The standard InChI is InChI=1S/C27H24BrN5OS/c1-19-8-12-22(13-9-19)26-31-32-27(33(26)24-14-10-20(2)11-15-24)35-18-25(34)30-29-17-23(28)16-21-6-4-3-5-7-21/h3-17H,18H2,1-2H3,(H,30,34). The molecule has 1 amide bonds. The minimum atomic E-state index is -0.235. The van der Waals surface area contributed by atoms with Gasteiger partial charge in [0.1, 0.15) is 0 Å². The number of hydrogen-bond donors (Lipinski definition) is 1. The highest BCUT2D eigenvalue weighted by Gasteiger charge is 2.17. The van der Waals surface area contributed by atoms with Crippen LogP contribution in [0.5, 0.6) is 0 Å². The summed E-state index contributed by atoms with van der Waals surface area (Å²) in [7, 11) is 0. The van der Waals surface area contributed by atoms with Gasteiger partial charge in [0.05, 0.1) is 12.0 Å². The normalized spacial score (nSPS) is 11.7. The summed E-state index contributed by atoms with van der Waals surface area (Å²) in [5, 5.41) is 13.5. The van der Waals surface area contributed by atoms with Crippen LogP contribution in [0.15, 0.2) is 93.6 Å². The molecular formula is C27H24BrN5OS. The van der Waals surface area contributed by atoms with Gasteiger partial charge in [-0.15, -0.1) is 10.2 Å². The number of aryl methyl sites for hydroxylation is 2. The third-order valence-electron chi connectivity index (χ3n) is 5.05. The topological polar surface area (TPSA) is 72.2 Å². The molecule has 0 fully saturated rings. The highest BCUT2D eigenvalue weighted by atomic mass is 79.9. The Hall–Kier alpha value is -3.49. The van der Waals surface area contributed by atoms with E-state index in [4.69, 9.17) is 0 Å². The number of rotatable bonds is 8. The first kappa shape index (κ1) is 24.6. The fraction of sp³-hybridized carbons (Fsp3) is 0.111. The van der Waals surface area contributed by atoms with Gasteiger partial charge in [0.25, 0.3) is 5.91 Å². The van der Waals surface area contributed by atoms with E-state index in [1.165, 1.54) is 17.3 Å². The van der Waals surface area contributed by atoms with Gasteiger partial charge in [0.15, 0.2) is 11.0 Å². The van der Waals surface area contributed by atoms with Crippen LogP contribution in [-0.4, -0.2) is 32.6 Å². The van der Waals surface area contributed by atoms with E-state index < -0.39 is 0 Å². The van der Waals surface area contributed by atoms with E-state index in [0.717, 1.165) is 32.7 Å². The van der Waals surface area contributed by atoms with E-state index >= 15 is 0 Å². The van der Waals surface area contributed by atoms with Gasteiger partial charge in [-0.2, -0.15) is 5.10 Å². The number of nitrogens with zero attached hydrogens (tertiary/aromatic N) is 4. The van der Waals surface area contributed by atoms with Crippen LogP contribution in [0.2, 0.25) is 0 Å². The molecule has 35 heavy (non-hydrogen) atoms. The number of carbonyl (C=O) groups is 1. The average molecular weight is 546 g/mol. The van der Waals surface area contributed by atoms with Crippen molar-refractivity contribution in [2.45, 2.75) is 19.0 Å². The van der Waals surface area contributed by atoms with Crippen LogP contribution in [0, 0.1) is 13.8 Å². The van der Waals surface area contributed by atoms with E-state index in [-0.39, 0.29) is 11.7 Å². The van der Waals surface area contributed by atoms with Gasteiger partial charge in [0, 0.05) is 15.7 Å². The minimum absolute atomic E-state index is 0.148. The Morgan fingerprint density at radius 2 is 1.63 bits per heavy atom. The molecule has 176 valence electrons. The van der Waals surface area contributed by atoms with Gasteiger partial charge in [-0.25, -0.2) is 5.43 Å². The summed E-state index contributed by atoms with van der Waals surface area (Å²) in [5.41, 5.74) is 7.83. The molecule has 3 aromatic carbocycles. The van der Waals surface area contributed by atoms with Crippen molar-refractivity contribution >= 4 is 45.9 Å². The Bertz CT molecular complexity index is 1350. The van der Waals surface area contributed by atoms with Crippen LogP contribution in [0.25, 0.3) is 23.2 Å². The van der Waals surface area contributed by atoms with Crippen molar-refractivity contribution in [1.29, 1.82) is 0 Å². The first-order valence-corrected chi connectivity index (χ1v) is 12.7. The van der Waals surface area contributed by atoms with Crippen LogP contribution >= 0.6 is 27.7 Å². The van der Waals surface area contributed by atoms with Crippen LogP contribution in [-0.2, 0) is 4.79 Å². The number of carbonyl (C=O) groups excluding carboxylic acids is 1. The molecule has 8 heteroatoms. The van der Waals surface area contributed by atoms with Gasteiger partial charge in [-0.1, -0.05) is 89.6 Å². The van der Waals surface area contributed by atoms with Crippen LogP contribution in [0.3, 0.4) is 0 Å². The van der Waals surface area contributed by atoms with Crippen molar-refractivity contribution in [1.82, 2.24) is 20.2 Å². The number of allylic oxidation sites excluding steroid dienone is 1. The van der Waals surface area contributed by atoms with Gasteiger partial charge in [0.2, 0.25) is 0 Å². The molecule has 1 N–H and O–H groups in total. The quantitative estimate of drug-likeness (QED) is 0.163. The summed E-state index contributed by atoms with van der Waals surface area (Å²) in [5.74, 6) is 0.640. The van der Waals surface area contributed by atoms with Crippen molar-refractivity contribution < 1.29 is 4.79 Å². The lowest BCUT2D eigenvalue weighted by Crippen LogP contribution is -2.19. The first-order chi connectivity index (χ1) is 17.0. The second-order valence-electron chi connectivity index (χ2n) is 7.86. The Morgan fingerprint density at radius 3 is 2.31 bits per heavy atom. The van der Waals surface area contributed by atoms with Gasteiger partial charge in [-0.05, 0) is 53.5 Å². The number of thioether (sulfide) groups is 1. The molecule has 0 aliphatic rings. The van der Waals surface area contributed by atoms with E-state index in [0.29, 0.717) is 5.16 Å². The highest BCUT2D eigenvalue weighted by Crippen LogP contribution is 2.28. The van der Waals surface area contributed by atoms with Crippen LogP contribution < -0.4 is 5.43 Å². The SMILES string of the molecule is Cc1ccc(-c2nnc(SCC(=O)NN=CC(Br)=Cc3ccccc3)n2-c2ccc(C)cc2)cc1. The zero-order valence-corrected chi connectivity index (χ0v) is 21.8. The van der Waals surface area contributed by atoms with Crippen molar-refractivity contribution in [2.24, 2.45) is 5.10 Å². The Morgan fingerprint density at radius 1 is 0.971 bits per heavy atom. The molecule has 0 radical (unpaired) electrons. The number of nitrogens with one attached hydrogen (secondary N) is 1. The largest absolute Gasteiger partial charge is 0.272 e. The molecule has 0 atom stereocenters. The minimum Gasteiger partial charge on any atom is -0.272 e. The molecule has 4 rings (SSSR count). The van der Waals surface area contributed by atoms with Crippen LogP contribution in [0.1, 0.15) is 16.7 Å². The molecule has 0 bridgehead atoms. The smallest absolute Gasteiger partial charge is 0.250 e. The number of halogens is 1. The lowest BCUT2D eigenvalue weighted by Gasteiger charge is -2.11. The summed E-state index contributed by atoms with van der Waals surface area (Å²) in [6.07, 6.45) is 3.47. The van der Waals surface area contributed by atoms with Crippen molar-refractivity contribution in [2.75, 3.05) is 5.75 Å². The molecule has 6 nitrogen and oxygen atoms in total. The Balaban J connectivity index is 1.47. The number of benzene rings is 3. The third-order valence-corrected chi connectivity index (χ3v) is 6.41. The molecule has 0 unspecified atom stereocenters. The second kappa shape index (κ2) is 11.8. The predicted octanol–water partition coefficient (Wildman–Crippen LogP) is 6.18. The van der Waals surface area contributed by atoms with Gasteiger partial charge < -0.3 is 0 Å². The molecule has 1 aromatic heterocycles. The fourth-order valence-electron chi connectivity index (χ4n) is 3.25. The highest BCUT2D eigenvalue weighted by molar-refractivity contribution is 9.12. The summed E-state index contributed by atoms with van der Waals surface area (Å²) in [6.45, 7) is 4.09. The number of hydrogen-bond acceptors (Lipinski definition) is 5.